The lowest BCUT2D eigenvalue weighted by molar-refractivity contribution is -0.138. The number of halogens is 6. The van der Waals surface area contributed by atoms with Gasteiger partial charge < -0.3 is 4.74 Å². The van der Waals surface area contributed by atoms with Gasteiger partial charge in [0.05, 0.1) is 16.7 Å². The molecule has 0 fully saturated rings. The molecule has 0 N–H and O–H groups in total. The fraction of sp³-hybridized carbons (Fsp3) is 0.0952. The van der Waals surface area contributed by atoms with E-state index >= 15 is 0 Å². The second-order valence-electron chi connectivity index (χ2n) is 6.04. The van der Waals surface area contributed by atoms with Crippen molar-refractivity contribution >= 4 is 5.97 Å². The third-order valence-electron chi connectivity index (χ3n) is 4.02. The molecule has 0 aliphatic carbocycles. The Labute approximate surface area is 161 Å². The smallest absolute Gasteiger partial charge is 0.417 e. The van der Waals surface area contributed by atoms with Crippen molar-refractivity contribution in [2.24, 2.45) is 0 Å². The van der Waals surface area contributed by atoms with Gasteiger partial charge in [-0.3, -0.25) is 0 Å². The van der Waals surface area contributed by atoms with Gasteiger partial charge in [-0.15, -0.1) is 0 Å². The van der Waals surface area contributed by atoms with Crippen LogP contribution in [-0.2, 0) is 12.4 Å². The number of alkyl halides is 6. The number of benzene rings is 3. The summed E-state index contributed by atoms with van der Waals surface area (Å²) in [5, 5.41) is 0. The topological polar surface area (TPSA) is 26.3 Å². The molecule has 2 nitrogen and oxygen atoms in total. The lowest BCUT2D eigenvalue weighted by Crippen LogP contribution is -2.17. The average Bonchev–Trinajstić information content (AvgIpc) is 2.67. The number of ether oxygens (including phenoxy) is 1. The van der Waals surface area contributed by atoms with Crippen LogP contribution in [0.2, 0.25) is 0 Å². The van der Waals surface area contributed by atoms with Gasteiger partial charge in [0.1, 0.15) is 5.75 Å². The summed E-state index contributed by atoms with van der Waals surface area (Å²) >= 11 is 0. The third-order valence-corrected chi connectivity index (χ3v) is 4.02. The monoisotopic (exact) mass is 410 g/mol. The maximum Gasteiger partial charge on any atom is 0.417 e. The lowest BCUT2D eigenvalue weighted by atomic mass is 9.97. The van der Waals surface area contributed by atoms with Crippen LogP contribution in [-0.4, -0.2) is 5.97 Å². The van der Waals surface area contributed by atoms with E-state index in [1.54, 1.807) is 18.2 Å². The molecule has 0 aromatic heterocycles. The molecule has 0 amide bonds. The summed E-state index contributed by atoms with van der Waals surface area (Å²) in [5.74, 6) is -1.16. The molecule has 0 saturated carbocycles. The number of carbonyl (C=O) groups excluding carboxylic acids is 1. The third kappa shape index (κ3) is 4.77. The van der Waals surface area contributed by atoms with E-state index in [-0.39, 0.29) is 16.9 Å². The highest BCUT2D eigenvalue weighted by Crippen LogP contribution is 2.37. The molecule has 0 aliphatic rings. The van der Waals surface area contributed by atoms with E-state index in [1.807, 2.05) is 0 Å². The van der Waals surface area contributed by atoms with Gasteiger partial charge in [-0.25, -0.2) is 4.79 Å². The number of para-hydroxylation sites is 1. The minimum Gasteiger partial charge on any atom is -0.423 e. The van der Waals surface area contributed by atoms with Gasteiger partial charge >= 0.3 is 18.3 Å². The summed E-state index contributed by atoms with van der Waals surface area (Å²) < 4.78 is 84.2. The largest absolute Gasteiger partial charge is 0.423 e. The van der Waals surface area contributed by atoms with Crippen LogP contribution in [0.15, 0.2) is 72.8 Å². The van der Waals surface area contributed by atoms with Crippen LogP contribution < -0.4 is 4.74 Å². The van der Waals surface area contributed by atoms with Crippen molar-refractivity contribution in [3.8, 4) is 16.9 Å². The van der Waals surface area contributed by atoms with Gasteiger partial charge in [0.2, 0.25) is 0 Å². The van der Waals surface area contributed by atoms with Crippen molar-refractivity contribution in [1.29, 1.82) is 0 Å². The molecule has 150 valence electrons. The summed E-state index contributed by atoms with van der Waals surface area (Å²) in [4.78, 5) is 12.2. The number of hydrogen-bond donors (Lipinski definition) is 0. The quantitative estimate of drug-likeness (QED) is 0.276. The van der Waals surface area contributed by atoms with E-state index in [4.69, 9.17) is 4.74 Å². The normalized spacial score (nSPS) is 11.9. The molecule has 0 saturated heterocycles. The van der Waals surface area contributed by atoms with Crippen molar-refractivity contribution in [2.75, 3.05) is 0 Å². The first kappa shape index (κ1) is 20.4. The van der Waals surface area contributed by atoms with E-state index in [9.17, 15) is 31.1 Å². The van der Waals surface area contributed by atoms with Crippen LogP contribution in [0.3, 0.4) is 0 Å². The van der Waals surface area contributed by atoms with Gasteiger partial charge in [0, 0.05) is 0 Å². The zero-order valence-corrected chi connectivity index (χ0v) is 14.5. The number of esters is 1. The Morgan fingerprint density at radius 2 is 1.34 bits per heavy atom. The Morgan fingerprint density at radius 1 is 0.690 bits per heavy atom. The lowest BCUT2D eigenvalue weighted by Gasteiger charge is -2.15. The first-order chi connectivity index (χ1) is 13.6. The zero-order valence-electron chi connectivity index (χ0n) is 14.5. The molecule has 3 rings (SSSR count). The van der Waals surface area contributed by atoms with Gasteiger partial charge in [0.25, 0.3) is 0 Å². The van der Waals surface area contributed by atoms with Gasteiger partial charge in [0.15, 0.2) is 0 Å². The molecule has 0 heterocycles. The maximum atomic E-state index is 13.5. The highest BCUT2D eigenvalue weighted by molar-refractivity contribution is 5.93. The van der Waals surface area contributed by atoms with Gasteiger partial charge in [-0.1, -0.05) is 36.4 Å². The zero-order chi connectivity index (χ0) is 21.2. The molecule has 0 spiro atoms. The van der Waals surface area contributed by atoms with Gasteiger partial charge in [-0.2, -0.15) is 26.3 Å². The summed E-state index contributed by atoms with van der Waals surface area (Å²) in [5.41, 5.74) is -3.20. The van der Waals surface area contributed by atoms with E-state index < -0.39 is 35.0 Å². The van der Waals surface area contributed by atoms with Crippen LogP contribution in [0.5, 0.6) is 5.75 Å². The maximum absolute atomic E-state index is 13.5. The van der Waals surface area contributed by atoms with Crippen LogP contribution in [0.1, 0.15) is 21.5 Å². The first-order valence-corrected chi connectivity index (χ1v) is 8.22. The second kappa shape index (κ2) is 7.62. The SMILES string of the molecule is O=C(Oc1ccccc1)c1ccc(-c2cccc(C(F)(F)F)c2)cc1C(F)(F)F. The highest BCUT2D eigenvalue weighted by Gasteiger charge is 2.36. The summed E-state index contributed by atoms with van der Waals surface area (Å²) in [6.45, 7) is 0. The first-order valence-electron chi connectivity index (χ1n) is 8.22. The summed E-state index contributed by atoms with van der Waals surface area (Å²) in [7, 11) is 0. The number of carbonyl (C=O) groups is 1. The Morgan fingerprint density at radius 3 is 1.97 bits per heavy atom. The fourth-order valence-electron chi connectivity index (χ4n) is 2.66. The summed E-state index contributed by atoms with van der Waals surface area (Å²) in [6, 6.07) is 14.1. The molecule has 3 aromatic rings. The van der Waals surface area contributed by atoms with Crippen LogP contribution in [0, 0.1) is 0 Å². The predicted octanol–water partition coefficient (Wildman–Crippen LogP) is 6.61. The van der Waals surface area contributed by atoms with E-state index in [0.717, 1.165) is 30.3 Å². The minimum absolute atomic E-state index is 0.0618. The number of rotatable bonds is 3. The fourth-order valence-corrected chi connectivity index (χ4v) is 2.66. The van der Waals surface area contributed by atoms with Crippen LogP contribution in [0.4, 0.5) is 26.3 Å². The Kier molecular flexibility index (Phi) is 5.37. The molecular formula is C21H12F6O2. The average molecular weight is 410 g/mol. The number of hydrogen-bond acceptors (Lipinski definition) is 2. The van der Waals surface area contributed by atoms with E-state index in [2.05, 4.69) is 0 Å². The molecule has 0 bridgehead atoms. The standard InChI is InChI=1S/C21H12F6O2/c22-20(23,24)15-6-4-5-13(11-15)14-9-10-17(18(12-14)21(25,26)27)19(28)29-16-7-2-1-3-8-16/h1-12H. The molecule has 0 atom stereocenters. The van der Waals surface area contributed by atoms with Gasteiger partial charge in [-0.05, 0) is 47.5 Å². The molecule has 0 radical (unpaired) electrons. The van der Waals surface area contributed by atoms with Crippen molar-refractivity contribution in [1.82, 2.24) is 0 Å². The van der Waals surface area contributed by atoms with Crippen molar-refractivity contribution in [3.05, 3.63) is 89.5 Å². The Bertz CT molecular complexity index is 1020. The van der Waals surface area contributed by atoms with Crippen molar-refractivity contribution < 1.29 is 35.9 Å². The molecular weight excluding hydrogens is 398 g/mol. The van der Waals surface area contributed by atoms with E-state index in [0.29, 0.717) is 6.07 Å². The highest BCUT2D eigenvalue weighted by atomic mass is 19.4. The Hall–Kier alpha value is -3.29. The molecule has 29 heavy (non-hydrogen) atoms. The second-order valence-corrected chi connectivity index (χ2v) is 6.04. The molecule has 0 unspecified atom stereocenters. The Balaban J connectivity index is 2.02. The molecule has 0 aliphatic heterocycles. The minimum atomic E-state index is -4.91. The van der Waals surface area contributed by atoms with Crippen molar-refractivity contribution in [2.45, 2.75) is 12.4 Å². The molecule has 8 heteroatoms. The van der Waals surface area contributed by atoms with Crippen LogP contribution in [0.25, 0.3) is 11.1 Å². The molecule has 3 aromatic carbocycles. The van der Waals surface area contributed by atoms with E-state index in [1.165, 1.54) is 18.2 Å². The van der Waals surface area contributed by atoms with Crippen molar-refractivity contribution in [3.63, 3.8) is 0 Å². The summed E-state index contributed by atoms with van der Waals surface area (Å²) in [6.07, 6.45) is -9.55. The predicted molar refractivity (Wildman–Crippen MR) is 93.3 cm³/mol. The van der Waals surface area contributed by atoms with Crippen LogP contribution >= 0.6 is 0 Å².